The molecule has 15 heavy (non-hydrogen) atoms. The Morgan fingerprint density at radius 2 is 2.27 bits per heavy atom. The van der Waals surface area contributed by atoms with E-state index in [0.29, 0.717) is 5.69 Å². The molecule has 2 aromatic rings. The highest BCUT2D eigenvalue weighted by molar-refractivity contribution is 5.60. The number of nitrogens with one attached hydrogen (secondary N) is 1. The second kappa shape index (κ2) is 3.49. The van der Waals surface area contributed by atoms with Gasteiger partial charge in [-0.2, -0.15) is 0 Å². The molecule has 0 spiro atoms. The number of hydrogen-bond acceptors (Lipinski definition) is 3. The Kier molecular flexibility index (Phi) is 2.17. The van der Waals surface area contributed by atoms with Gasteiger partial charge in [0.1, 0.15) is 5.82 Å². The van der Waals surface area contributed by atoms with Crippen LogP contribution in [-0.4, -0.2) is 14.9 Å². The van der Waals surface area contributed by atoms with Gasteiger partial charge in [-0.1, -0.05) is 0 Å². The van der Waals surface area contributed by atoms with Crippen LogP contribution in [0, 0.1) is 15.9 Å². The van der Waals surface area contributed by atoms with E-state index in [-0.39, 0.29) is 11.3 Å². The third kappa shape index (κ3) is 1.69. The SMILES string of the molecule is O=[N+]([O-])c1ccc(-c2cnc[nH]2)c(F)c1. The van der Waals surface area contributed by atoms with Crippen LogP contribution in [0.4, 0.5) is 10.1 Å². The number of non-ortho nitro benzene ring substituents is 1. The molecule has 1 aromatic heterocycles. The summed E-state index contributed by atoms with van der Waals surface area (Å²) in [6, 6.07) is 3.48. The van der Waals surface area contributed by atoms with Crippen LogP contribution >= 0.6 is 0 Å². The Labute approximate surface area is 83.7 Å². The van der Waals surface area contributed by atoms with Crippen LogP contribution in [0.15, 0.2) is 30.7 Å². The zero-order chi connectivity index (χ0) is 10.8. The number of aromatic amines is 1. The van der Waals surface area contributed by atoms with E-state index in [0.717, 1.165) is 6.07 Å². The van der Waals surface area contributed by atoms with Crippen LogP contribution in [-0.2, 0) is 0 Å². The molecular weight excluding hydrogens is 201 g/mol. The summed E-state index contributed by atoms with van der Waals surface area (Å²) >= 11 is 0. The number of aromatic nitrogens is 2. The molecule has 0 aliphatic heterocycles. The minimum atomic E-state index is -0.645. The zero-order valence-electron chi connectivity index (χ0n) is 7.48. The quantitative estimate of drug-likeness (QED) is 0.605. The molecule has 1 heterocycles. The second-order valence-corrected chi connectivity index (χ2v) is 2.89. The van der Waals surface area contributed by atoms with Crippen LogP contribution in [0.25, 0.3) is 11.3 Å². The van der Waals surface area contributed by atoms with E-state index in [9.17, 15) is 14.5 Å². The molecular formula is C9H6FN3O2. The van der Waals surface area contributed by atoms with Crippen LogP contribution < -0.4 is 0 Å². The Balaban J connectivity index is 2.48. The lowest BCUT2D eigenvalue weighted by Crippen LogP contribution is -1.91. The van der Waals surface area contributed by atoms with Gasteiger partial charge < -0.3 is 4.98 Å². The van der Waals surface area contributed by atoms with Crippen molar-refractivity contribution in [3.05, 3.63) is 46.7 Å². The van der Waals surface area contributed by atoms with Gasteiger partial charge in [0.05, 0.1) is 29.2 Å². The standard InChI is InChI=1S/C9H6FN3O2/c10-8-3-6(13(14)15)1-2-7(8)9-4-11-5-12-9/h1-5H,(H,11,12). The summed E-state index contributed by atoms with van der Waals surface area (Å²) in [7, 11) is 0. The third-order valence-electron chi connectivity index (χ3n) is 1.95. The number of imidazole rings is 1. The first-order chi connectivity index (χ1) is 7.18. The van der Waals surface area contributed by atoms with Crippen molar-refractivity contribution in [2.24, 2.45) is 0 Å². The smallest absolute Gasteiger partial charge is 0.272 e. The van der Waals surface area contributed by atoms with Crippen molar-refractivity contribution >= 4 is 5.69 Å². The van der Waals surface area contributed by atoms with Crippen LogP contribution in [0.3, 0.4) is 0 Å². The molecule has 0 bridgehead atoms. The highest BCUT2D eigenvalue weighted by atomic mass is 19.1. The Morgan fingerprint density at radius 1 is 1.47 bits per heavy atom. The van der Waals surface area contributed by atoms with Crippen molar-refractivity contribution in [3.8, 4) is 11.3 Å². The maximum atomic E-state index is 13.4. The molecule has 0 saturated carbocycles. The van der Waals surface area contributed by atoms with Crippen LogP contribution in [0.1, 0.15) is 0 Å². The number of nitro groups is 1. The molecule has 76 valence electrons. The van der Waals surface area contributed by atoms with Gasteiger partial charge in [0.15, 0.2) is 0 Å². The predicted octanol–water partition coefficient (Wildman–Crippen LogP) is 2.12. The van der Waals surface area contributed by atoms with Gasteiger partial charge >= 0.3 is 0 Å². The maximum absolute atomic E-state index is 13.4. The Hall–Kier alpha value is -2.24. The monoisotopic (exact) mass is 207 g/mol. The van der Waals surface area contributed by atoms with Crippen LogP contribution in [0.2, 0.25) is 0 Å². The lowest BCUT2D eigenvalue weighted by Gasteiger charge is -1.99. The lowest BCUT2D eigenvalue weighted by molar-refractivity contribution is -0.385. The van der Waals surface area contributed by atoms with E-state index < -0.39 is 10.7 Å². The molecule has 1 N–H and O–H groups in total. The van der Waals surface area contributed by atoms with E-state index in [4.69, 9.17) is 0 Å². The van der Waals surface area contributed by atoms with Gasteiger partial charge in [0.2, 0.25) is 0 Å². The summed E-state index contributed by atoms with van der Waals surface area (Å²) in [5.41, 5.74) is 0.483. The van der Waals surface area contributed by atoms with E-state index in [2.05, 4.69) is 9.97 Å². The predicted molar refractivity (Wildman–Crippen MR) is 50.6 cm³/mol. The minimum Gasteiger partial charge on any atom is -0.345 e. The average molecular weight is 207 g/mol. The fraction of sp³-hybridized carbons (Fsp3) is 0. The van der Waals surface area contributed by atoms with Crippen molar-refractivity contribution < 1.29 is 9.31 Å². The van der Waals surface area contributed by atoms with Crippen molar-refractivity contribution in [2.75, 3.05) is 0 Å². The zero-order valence-corrected chi connectivity index (χ0v) is 7.48. The van der Waals surface area contributed by atoms with Gasteiger partial charge in [0, 0.05) is 11.6 Å². The van der Waals surface area contributed by atoms with E-state index in [1.807, 2.05) is 0 Å². The first kappa shape index (κ1) is 9.32. The first-order valence-electron chi connectivity index (χ1n) is 4.11. The number of halogens is 1. The number of rotatable bonds is 2. The normalized spacial score (nSPS) is 10.2. The Morgan fingerprint density at radius 3 is 2.80 bits per heavy atom. The lowest BCUT2D eigenvalue weighted by atomic mass is 10.1. The average Bonchev–Trinajstić information content (AvgIpc) is 2.70. The van der Waals surface area contributed by atoms with Gasteiger partial charge in [-0.3, -0.25) is 10.1 Å². The van der Waals surface area contributed by atoms with Gasteiger partial charge in [-0.25, -0.2) is 9.37 Å². The summed E-state index contributed by atoms with van der Waals surface area (Å²) < 4.78 is 13.4. The van der Waals surface area contributed by atoms with Gasteiger partial charge in [-0.05, 0) is 6.07 Å². The fourth-order valence-corrected chi connectivity index (χ4v) is 1.24. The Bertz CT molecular complexity index is 496. The molecule has 0 unspecified atom stereocenters. The number of hydrogen-bond donors (Lipinski definition) is 1. The summed E-state index contributed by atoms with van der Waals surface area (Å²) in [5.74, 6) is -0.645. The molecule has 5 nitrogen and oxygen atoms in total. The van der Waals surface area contributed by atoms with Crippen molar-refractivity contribution in [2.45, 2.75) is 0 Å². The molecule has 1 aromatic carbocycles. The molecule has 0 saturated heterocycles. The number of nitro benzene ring substituents is 1. The minimum absolute atomic E-state index is 0.262. The highest BCUT2D eigenvalue weighted by Crippen LogP contribution is 2.23. The van der Waals surface area contributed by atoms with Crippen LogP contribution in [0.5, 0.6) is 0 Å². The largest absolute Gasteiger partial charge is 0.345 e. The fourth-order valence-electron chi connectivity index (χ4n) is 1.24. The summed E-state index contributed by atoms with van der Waals surface area (Å²) in [4.78, 5) is 16.2. The van der Waals surface area contributed by atoms with Crippen molar-refractivity contribution in [3.63, 3.8) is 0 Å². The summed E-state index contributed by atoms with van der Waals surface area (Å²) in [6.45, 7) is 0. The number of benzene rings is 1. The van der Waals surface area contributed by atoms with E-state index in [1.54, 1.807) is 0 Å². The maximum Gasteiger partial charge on any atom is 0.272 e. The van der Waals surface area contributed by atoms with Gasteiger partial charge in [-0.15, -0.1) is 0 Å². The van der Waals surface area contributed by atoms with Gasteiger partial charge in [0.25, 0.3) is 5.69 Å². The summed E-state index contributed by atoms with van der Waals surface area (Å²) in [6.07, 6.45) is 2.86. The molecule has 0 amide bonds. The molecule has 6 heteroatoms. The molecule has 2 rings (SSSR count). The highest BCUT2D eigenvalue weighted by Gasteiger charge is 2.12. The van der Waals surface area contributed by atoms with E-state index >= 15 is 0 Å². The van der Waals surface area contributed by atoms with Crippen molar-refractivity contribution in [1.29, 1.82) is 0 Å². The third-order valence-corrected chi connectivity index (χ3v) is 1.95. The topological polar surface area (TPSA) is 71.8 Å². The number of H-pyrrole nitrogens is 1. The molecule has 0 radical (unpaired) electrons. The summed E-state index contributed by atoms with van der Waals surface area (Å²) in [5, 5.41) is 10.4. The second-order valence-electron chi connectivity index (χ2n) is 2.89. The van der Waals surface area contributed by atoms with E-state index in [1.165, 1.54) is 24.7 Å². The molecule has 0 aliphatic carbocycles. The molecule has 0 aliphatic rings. The molecule has 0 atom stereocenters. The first-order valence-corrected chi connectivity index (χ1v) is 4.11. The molecule has 0 fully saturated rings. The number of nitrogens with zero attached hydrogens (tertiary/aromatic N) is 2. The van der Waals surface area contributed by atoms with Crippen molar-refractivity contribution in [1.82, 2.24) is 9.97 Å².